The van der Waals surface area contributed by atoms with E-state index in [9.17, 15) is 19.2 Å². The lowest BCUT2D eigenvalue weighted by atomic mass is 9.71. The summed E-state index contributed by atoms with van der Waals surface area (Å²) in [7, 11) is 0. The van der Waals surface area contributed by atoms with Gasteiger partial charge in [0.05, 0.1) is 13.1 Å². The topological polar surface area (TPSA) is 139 Å². The molecule has 0 radical (unpaired) electrons. The molecule has 0 heterocycles. The molecule has 2 unspecified atom stereocenters. The number of hydrogen-bond donors (Lipinski definition) is 2. The summed E-state index contributed by atoms with van der Waals surface area (Å²) in [6, 6.07) is 0. The summed E-state index contributed by atoms with van der Waals surface area (Å²) >= 11 is 0. The van der Waals surface area contributed by atoms with Crippen LogP contribution in [0.4, 0.5) is 0 Å². The van der Waals surface area contributed by atoms with Gasteiger partial charge in [-0.05, 0) is 74.7 Å². The molecule has 0 aromatic carbocycles. The summed E-state index contributed by atoms with van der Waals surface area (Å²) in [5.74, 6) is -1.49. The Kier molecular flexibility index (Phi) is 16.6. The first-order valence-electron chi connectivity index (χ1n) is 17.7. The van der Waals surface area contributed by atoms with E-state index in [1.807, 2.05) is 140 Å². The van der Waals surface area contributed by atoms with Crippen molar-refractivity contribution >= 4 is 23.5 Å². The van der Waals surface area contributed by atoms with Crippen LogP contribution in [0.3, 0.4) is 0 Å². The van der Waals surface area contributed by atoms with E-state index >= 15 is 0 Å². The molecule has 0 aromatic rings. The van der Waals surface area contributed by atoms with Crippen molar-refractivity contribution in [3.05, 3.63) is 130 Å². The summed E-state index contributed by atoms with van der Waals surface area (Å²) in [5.41, 5.74) is 17.4. The van der Waals surface area contributed by atoms with E-state index in [1.165, 1.54) is 0 Å². The highest BCUT2D eigenvalue weighted by Gasteiger charge is 2.40. The fourth-order valence-electron chi connectivity index (χ4n) is 6.17. The van der Waals surface area contributed by atoms with Gasteiger partial charge in [-0.3, -0.25) is 19.2 Å². The van der Waals surface area contributed by atoms with Crippen molar-refractivity contribution in [2.75, 3.05) is 13.1 Å². The summed E-state index contributed by atoms with van der Waals surface area (Å²) in [6.07, 6.45) is 27.4. The van der Waals surface area contributed by atoms with Crippen molar-refractivity contribution in [2.24, 2.45) is 22.3 Å². The average Bonchev–Trinajstić information content (AvgIpc) is 3.07. The highest BCUT2D eigenvalue weighted by Crippen LogP contribution is 2.42. The minimum absolute atomic E-state index is 0.174. The molecule has 0 saturated carbocycles. The van der Waals surface area contributed by atoms with E-state index in [1.54, 1.807) is 13.8 Å². The van der Waals surface area contributed by atoms with Crippen molar-refractivity contribution in [1.82, 2.24) is 0 Å². The van der Waals surface area contributed by atoms with Crippen molar-refractivity contribution in [3.63, 3.8) is 0 Å². The lowest BCUT2D eigenvalue weighted by Gasteiger charge is -2.36. The number of hydrogen-bond acceptors (Lipinski definition) is 8. The Balaban J connectivity index is 1.98. The Labute approximate surface area is 310 Å². The SMILES string of the molecule is CC1=C(/C=C/C(C)=C/C=C/C(C)=C/C=C/C=C(C)/C=C/C=C(C)/C=C/C2=C(C)C(=O)C(OC(=O)CN)CC2(C)C)C(C)(C)CC(OC(=O)CN)C1=O. The Morgan fingerprint density at radius 1 is 0.596 bits per heavy atom. The van der Waals surface area contributed by atoms with Crippen molar-refractivity contribution in [2.45, 2.75) is 94.3 Å². The molecule has 52 heavy (non-hydrogen) atoms. The maximum atomic E-state index is 12.8. The highest BCUT2D eigenvalue weighted by molar-refractivity contribution is 6.02. The van der Waals surface area contributed by atoms with Gasteiger partial charge in [-0.15, -0.1) is 0 Å². The molecular formula is C44H58N2O6. The maximum absolute atomic E-state index is 12.8. The van der Waals surface area contributed by atoms with Crippen molar-refractivity contribution < 1.29 is 28.7 Å². The van der Waals surface area contributed by atoms with Gasteiger partial charge in [0, 0.05) is 12.8 Å². The number of rotatable bonds is 14. The van der Waals surface area contributed by atoms with E-state index in [2.05, 4.69) is 0 Å². The molecule has 2 aliphatic carbocycles. The van der Waals surface area contributed by atoms with Crippen LogP contribution in [-0.4, -0.2) is 48.8 Å². The number of allylic oxidation sites excluding steroid dienone is 20. The van der Waals surface area contributed by atoms with E-state index in [0.717, 1.165) is 33.4 Å². The van der Waals surface area contributed by atoms with Crippen LogP contribution >= 0.6 is 0 Å². The van der Waals surface area contributed by atoms with Crippen LogP contribution in [0.15, 0.2) is 130 Å². The third-order valence-electron chi connectivity index (χ3n) is 9.15. The Hall–Kier alpha value is -4.66. The monoisotopic (exact) mass is 710 g/mol. The first-order chi connectivity index (χ1) is 24.3. The molecule has 2 aliphatic rings. The fraction of sp³-hybridized carbons (Fsp3) is 0.409. The maximum Gasteiger partial charge on any atom is 0.320 e. The number of nitrogens with two attached hydrogens (primary N) is 2. The fourth-order valence-corrected chi connectivity index (χ4v) is 6.17. The Morgan fingerprint density at radius 2 is 0.904 bits per heavy atom. The van der Waals surface area contributed by atoms with E-state index in [0.29, 0.717) is 24.0 Å². The number of carbonyl (C=O) groups excluding carboxylic acids is 4. The molecule has 0 bridgehead atoms. The molecule has 0 fully saturated rings. The number of ether oxygens (including phenoxy) is 2. The van der Waals surface area contributed by atoms with Crippen LogP contribution in [0, 0.1) is 10.8 Å². The van der Waals surface area contributed by atoms with Crippen LogP contribution in [0.1, 0.15) is 82.1 Å². The molecule has 8 nitrogen and oxygen atoms in total. The largest absolute Gasteiger partial charge is 0.453 e. The van der Waals surface area contributed by atoms with Gasteiger partial charge in [0.1, 0.15) is 0 Å². The second-order valence-electron chi connectivity index (χ2n) is 14.8. The summed E-state index contributed by atoms with van der Waals surface area (Å²) < 4.78 is 10.6. The van der Waals surface area contributed by atoms with E-state index in [4.69, 9.17) is 20.9 Å². The van der Waals surface area contributed by atoms with Crippen LogP contribution in [-0.2, 0) is 28.7 Å². The molecule has 0 spiro atoms. The van der Waals surface area contributed by atoms with Gasteiger partial charge in [-0.1, -0.05) is 135 Å². The molecular weight excluding hydrogens is 652 g/mol. The van der Waals surface area contributed by atoms with Gasteiger partial charge in [-0.2, -0.15) is 0 Å². The van der Waals surface area contributed by atoms with Crippen LogP contribution in [0.5, 0.6) is 0 Å². The minimum atomic E-state index is -0.797. The molecule has 0 aromatic heterocycles. The highest BCUT2D eigenvalue weighted by atomic mass is 16.6. The van der Waals surface area contributed by atoms with Gasteiger partial charge in [0.25, 0.3) is 0 Å². The Bertz CT molecular complexity index is 1600. The number of esters is 2. The normalized spacial score (nSPS) is 22.3. The van der Waals surface area contributed by atoms with Crippen LogP contribution < -0.4 is 11.5 Å². The lowest BCUT2D eigenvalue weighted by molar-refractivity contribution is -0.154. The van der Waals surface area contributed by atoms with Crippen molar-refractivity contribution in [1.29, 1.82) is 0 Å². The third kappa shape index (κ3) is 13.1. The van der Waals surface area contributed by atoms with E-state index in [-0.39, 0.29) is 35.5 Å². The molecule has 2 atom stereocenters. The first kappa shape index (κ1) is 43.5. The molecule has 8 heteroatoms. The molecule has 4 N–H and O–H groups in total. The van der Waals surface area contributed by atoms with Gasteiger partial charge in [0.2, 0.25) is 0 Å². The predicted molar refractivity (Wildman–Crippen MR) is 211 cm³/mol. The predicted octanol–water partition coefficient (Wildman–Crippen LogP) is 7.92. The quantitative estimate of drug-likeness (QED) is 0.137. The molecule has 0 amide bonds. The summed E-state index contributed by atoms with van der Waals surface area (Å²) in [6.45, 7) is 19.3. The van der Waals surface area contributed by atoms with Crippen LogP contribution in [0.2, 0.25) is 0 Å². The van der Waals surface area contributed by atoms with Crippen molar-refractivity contribution in [3.8, 4) is 0 Å². The van der Waals surface area contributed by atoms with E-state index < -0.39 is 24.1 Å². The number of ketones is 2. The first-order valence-corrected chi connectivity index (χ1v) is 17.7. The molecule has 0 saturated heterocycles. The van der Waals surface area contributed by atoms with Crippen LogP contribution in [0.25, 0.3) is 0 Å². The van der Waals surface area contributed by atoms with Gasteiger partial charge in [0.15, 0.2) is 23.8 Å². The zero-order valence-electron chi connectivity index (χ0n) is 32.7. The third-order valence-corrected chi connectivity index (χ3v) is 9.15. The molecule has 2 rings (SSSR count). The van der Waals surface area contributed by atoms with Gasteiger partial charge >= 0.3 is 11.9 Å². The summed E-state index contributed by atoms with van der Waals surface area (Å²) in [5, 5.41) is 0. The van der Waals surface area contributed by atoms with Gasteiger partial charge < -0.3 is 20.9 Å². The average molecular weight is 711 g/mol. The number of carbonyl (C=O) groups is 4. The smallest absolute Gasteiger partial charge is 0.320 e. The second-order valence-corrected chi connectivity index (χ2v) is 14.8. The standard InChI is InChI=1S/C44H58N2O6/c1-29(17-13-19-31(3)21-23-35-33(5)41(49)37(25-43(35,7)8)51-39(47)27-45)15-11-12-16-30(2)18-14-20-32(4)22-24-36-34(6)42(50)38(26-44(36,9)10)52-40(48)28-46/h11-24,37-38H,25-28,45-46H2,1-10H3/b12-11+,17-13+,18-14+,23-21+,24-22+,29-15+,30-16+,31-19+,32-20+. The lowest BCUT2D eigenvalue weighted by Crippen LogP contribution is -2.40. The number of Topliss-reactive ketones (excluding diaryl/α,β-unsaturated/α-hetero) is 2. The van der Waals surface area contributed by atoms with Gasteiger partial charge in [-0.25, -0.2) is 0 Å². The molecule has 280 valence electrons. The molecule has 0 aliphatic heterocycles. The zero-order chi connectivity index (χ0) is 39.2. The minimum Gasteiger partial charge on any atom is -0.453 e. The second kappa shape index (κ2) is 19.8. The zero-order valence-corrected chi connectivity index (χ0v) is 32.7. The summed E-state index contributed by atoms with van der Waals surface area (Å²) in [4.78, 5) is 49.0. The Morgan fingerprint density at radius 3 is 1.23 bits per heavy atom.